The van der Waals surface area contributed by atoms with Gasteiger partial charge in [-0.1, -0.05) is 53.5 Å². The molecule has 0 saturated heterocycles. The first-order valence-electron chi connectivity index (χ1n) is 9.32. The summed E-state index contributed by atoms with van der Waals surface area (Å²) >= 11 is 12.3. The van der Waals surface area contributed by atoms with E-state index >= 15 is 0 Å². The van der Waals surface area contributed by atoms with Crippen LogP contribution >= 0.6 is 23.2 Å². The second-order valence-corrected chi connectivity index (χ2v) is 8.22. The molecule has 1 heterocycles. The molecule has 1 atom stereocenters. The monoisotopic (exact) mass is 415 g/mol. The maximum Gasteiger partial charge on any atom is 0.222 e. The minimum atomic E-state index is -0.148. The third-order valence-corrected chi connectivity index (χ3v) is 5.89. The minimum Gasteiger partial charge on any atom is -0.331 e. The van der Waals surface area contributed by atoms with Crippen LogP contribution in [0.3, 0.4) is 0 Å². The van der Waals surface area contributed by atoms with Crippen LogP contribution in [0.25, 0.3) is 5.69 Å². The molecule has 0 radical (unpaired) electrons. The van der Waals surface area contributed by atoms with Crippen LogP contribution < -0.4 is 4.90 Å². The van der Waals surface area contributed by atoms with E-state index in [4.69, 9.17) is 23.2 Å². The van der Waals surface area contributed by atoms with Crippen molar-refractivity contribution in [3.05, 3.63) is 87.2 Å². The van der Waals surface area contributed by atoms with Gasteiger partial charge >= 0.3 is 0 Å². The zero-order valence-corrected chi connectivity index (χ0v) is 18.1. The Bertz CT molecular complexity index is 993. The first-order chi connectivity index (χ1) is 13.3. The summed E-state index contributed by atoms with van der Waals surface area (Å²) in [6.07, 6.45) is 0.707. The maximum absolute atomic E-state index is 13.4. The van der Waals surface area contributed by atoms with Gasteiger partial charge in [0.2, 0.25) is 5.78 Å². The van der Waals surface area contributed by atoms with E-state index in [-0.39, 0.29) is 11.8 Å². The Morgan fingerprint density at radius 3 is 2.29 bits per heavy atom. The maximum atomic E-state index is 13.4. The van der Waals surface area contributed by atoms with Gasteiger partial charge in [0.25, 0.3) is 0 Å². The highest BCUT2D eigenvalue weighted by molar-refractivity contribution is 6.42. The number of halogens is 2. The molecule has 1 N–H and O–H groups in total. The van der Waals surface area contributed by atoms with Gasteiger partial charge in [-0.3, -0.25) is 4.79 Å². The number of Topliss-reactive ketones (excluding diaryl/α,β-unsaturated/α-hetero) is 1. The van der Waals surface area contributed by atoms with Crippen LogP contribution in [-0.2, 0) is 6.42 Å². The first-order valence-corrected chi connectivity index (χ1v) is 10.1. The Labute approximate surface area is 176 Å². The highest BCUT2D eigenvalue weighted by Crippen LogP contribution is 2.28. The number of likely N-dealkylation sites (N-methyl/N-ethyl adjacent to an activating group) is 1. The minimum absolute atomic E-state index is 0.148. The second kappa shape index (κ2) is 8.52. The molecule has 0 aliphatic rings. The molecular formula is C23H25Cl2N2O+. The lowest BCUT2D eigenvalue weighted by Gasteiger charge is -2.20. The van der Waals surface area contributed by atoms with Crippen molar-refractivity contribution in [1.29, 1.82) is 0 Å². The summed E-state index contributed by atoms with van der Waals surface area (Å²) < 4.78 is 2.06. The van der Waals surface area contributed by atoms with Gasteiger partial charge in [0.15, 0.2) is 6.04 Å². The Morgan fingerprint density at radius 2 is 1.68 bits per heavy atom. The van der Waals surface area contributed by atoms with Gasteiger partial charge in [0.1, 0.15) is 0 Å². The summed E-state index contributed by atoms with van der Waals surface area (Å²) in [5.74, 6) is 0.156. The third kappa shape index (κ3) is 4.17. The Morgan fingerprint density at radius 1 is 1.00 bits per heavy atom. The van der Waals surface area contributed by atoms with Gasteiger partial charge in [-0.25, -0.2) is 0 Å². The van der Waals surface area contributed by atoms with Gasteiger partial charge in [0.05, 0.1) is 24.1 Å². The van der Waals surface area contributed by atoms with Gasteiger partial charge in [-0.2, -0.15) is 0 Å². The summed E-state index contributed by atoms with van der Waals surface area (Å²) in [4.78, 5) is 14.6. The fourth-order valence-electron chi connectivity index (χ4n) is 3.63. The van der Waals surface area contributed by atoms with Crippen molar-refractivity contribution >= 4 is 29.0 Å². The molecule has 1 aromatic heterocycles. The lowest BCUT2D eigenvalue weighted by molar-refractivity contribution is -0.874. The molecule has 0 spiro atoms. The molecule has 3 rings (SSSR count). The molecular weight excluding hydrogens is 391 g/mol. The number of rotatable bonds is 6. The molecule has 2 aromatic carbocycles. The predicted octanol–water partition coefficient (Wildman–Crippen LogP) is 4.34. The average molecular weight is 416 g/mol. The number of hydrogen-bond acceptors (Lipinski definition) is 1. The van der Waals surface area contributed by atoms with Gasteiger partial charge in [-0.05, 0) is 43.7 Å². The molecule has 0 amide bonds. The highest BCUT2D eigenvalue weighted by Gasteiger charge is 2.29. The number of nitrogens with one attached hydrogen (secondary N) is 1. The van der Waals surface area contributed by atoms with E-state index in [1.807, 2.05) is 64.3 Å². The molecule has 0 unspecified atom stereocenters. The number of aromatic nitrogens is 1. The molecule has 0 fully saturated rings. The van der Waals surface area contributed by atoms with Crippen molar-refractivity contribution in [2.75, 3.05) is 14.1 Å². The Balaban J connectivity index is 1.98. The number of benzene rings is 2. The quantitative estimate of drug-likeness (QED) is 0.595. The van der Waals surface area contributed by atoms with E-state index in [1.54, 1.807) is 6.07 Å². The van der Waals surface area contributed by atoms with Crippen LogP contribution in [0.1, 0.15) is 27.3 Å². The predicted molar refractivity (Wildman–Crippen MR) is 116 cm³/mol. The highest BCUT2D eigenvalue weighted by atomic mass is 35.5. The van der Waals surface area contributed by atoms with E-state index < -0.39 is 0 Å². The van der Waals surface area contributed by atoms with E-state index in [2.05, 4.69) is 16.7 Å². The van der Waals surface area contributed by atoms with Crippen molar-refractivity contribution in [2.45, 2.75) is 26.3 Å². The summed E-state index contributed by atoms with van der Waals surface area (Å²) in [6, 6.07) is 17.5. The van der Waals surface area contributed by atoms with E-state index in [0.717, 1.165) is 27.5 Å². The van der Waals surface area contributed by atoms with Crippen molar-refractivity contribution in [3.63, 3.8) is 0 Å². The van der Waals surface area contributed by atoms with E-state index in [9.17, 15) is 4.79 Å². The summed E-state index contributed by atoms with van der Waals surface area (Å²) in [5.41, 5.74) is 4.73. The van der Waals surface area contributed by atoms with Gasteiger partial charge < -0.3 is 9.47 Å². The van der Waals surface area contributed by atoms with Crippen LogP contribution in [0.2, 0.25) is 10.0 Å². The van der Waals surface area contributed by atoms with Crippen molar-refractivity contribution in [3.8, 4) is 5.69 Å². The van der Waals surface area contributed by atoms with Crippen LogP contribution in [0.5, 0.6) is 0 Å². The summed E-state index contributed by atoms with van der Waals surface area (Å²) in [7, 11) is 4.06. The smallest absolute Gasteiger partial charge is 0.222 e. The molecule has 0 saturated carbocycles. The number of nitrogens with zero attached hydrogens (tertiary/aromatic N) is 1. The number of ketones is 1. The van der Waals surface area contributed by atoms with Crippen molar-refractivity contribution in [1.82, 2.24) is 4.57 Å². The molecule has 0 aliphatic heterocycles. The molecule has 28 heavy (non-hydrogen) atoms. The number of carbonyl (C=O) groups is 1. The molecule has 146 valence electrons. The summed E-state index contributed by atoms with van der Waals surface area (Å²) in [5, 5.41) is 1.02. The summed E-state index contributed by atoms with van der Waals surface area (Å²) in [6.45, 7) is 3.98. The van der Waals surface area contributed by atoms with Crippen LogP contribution in [0.4, 0.5) is 0 Å². The zero-order chi connectivity index (χ0) is 20.4. The standard InChI is InChI=1S/C23H24Cl2N2O/c1-15-12-19(16(2)27(15)18-10-11-20(24)21(25)14-18)23(28)22(26(3)4)13-17-8-6-5-7-9-17/h5-12,14,22H,13H2,1-4H3/p+1/t22-/m0/s1. The number of carbonyl (C=O) groups excluding carboxylic acids is 1. The van der Waals surface area contributed by atoms with Gasteiger partial charge in [0, 0.05) is 29.1 Å². The topological polar surface area (TPSA) is 26.4 Å². The molecule has 3 aromatic rings. The lowest BCUT2D eigenvalue weighted by atomic mass is 9.97. The Hall–Kier alpha value is -2.07. The number of quaternary nitrogens is 1. The molecule has 5 heteroatoms. The van der Waals surface area contributed by atoms with Crippen molar-refractivity contribution < 1.29 is 9.69 Å². The lowest BCUT2D eigenvalue weighted by Crippen LogP contribution is -3.11. The van der Waals surface area contributed by atoms with Gasteiger partial charge in [-0.15, -0.1) is 0 Å². The SMILES string of the molecule is Cc1cc(C(=O)[C@H](Cc2ccccc2)[NH+](C)C)c(C)n1-c1ccc(Cl)c(Cl)c1. The number of hydrogen-bond donors (Lipinski definition) is 1. The first kappa shape index (κ1) is 20.7. The third-order valence-electron chi connectivity index (χ3n) is 5.15. The normalized spacial score (nSPS) is 12.4. The van der Waals surface area contributed by atoms with Crippen LogP contribution in [-0.4, -0.2) is 30.5 Å². The molecule has 0 aliphatic carbocycles. The number of aryl methyl sites for hydroxylation is 1. The molecule has 3 nitrogen and oxygen atoms in total. The van der Waals surface area contributed by atoms with E-state index in [0.29, 0.717) is 16.5 Å². The van der Waals surface area contributed by atoms with Crippen LogP contribution in [0.15, 0.2) is 54.6 Å². The fraction of sp³-hybridized carbons (Fsp3) is 0.261. The van der Waals surface area contributed by atoms with Crippen molar-refractivity contribution in [2.24, 2.45) is 0 Å². The van der Waals surface area contributed by atoms with E-state index in [1.165, 1.54) is 5.56 Å². The zero-order valence-electron chi connectivity index (χ0n) is 16.6. The largest absolute Gasteiger partial charge is 0.331 e. The molecule has 0 bridgehead atoms. The fourth-order valence-corrected chi connectivity index (χ4v) is 3.92. The van der Waals surface area contributed by atoms with Crippen LogP contribution in [0, 0.1) is 13.8 Å². The average Bonchev–Trinajstić information content (AvgIpc) is 2.96. The second-order valence-electron chi connectivity index (χ2n) is 7.40. The Kier molecular flexibility index (Phi) is 6.29.